The number of carbonyl (C=O) groups excluding carboxylic acids is 1. The molecule has 1 heterocycles. The first-order valence-corrected chi connectivity index (χ1v) is 11.7. The van der Waals surface area contributed by atoms with Gasteiger partial charge < -0.3 is 34.0 Å². The van der Waals surface area contributed by atoms with Gasteiger partial charge in [0.15, 0.2) is 12.4 Å². The summed E-state index contributed by atoms with van der Waals surface area (Å²) in [5, 5.41) is 3.35. The van der Waals surface area contributed by atoms with Crippen LogP contribution >= 0.6 is 11.6 Å². The number of amides is 1. The van der Waals surface area contributed by atoms with Gasteiger partial charge in [-0.1, -0.05) is 63.5 Å². The molecule has 2 rings (SSSR count). The fourth-order valence-corrected chi connectivity index (χ4v) is 3.61. The Balaban J connectivity index is 0.00000480. The van der Waals surface area contributed by atoms with Crippen LogP contribution in [0.2, 0.25) is 5.02 Å². The van der Waals surface area contributed by atoms with E-state index >= 15 is 0 Å². The molecule has 0 saturated carbocycles. The van der Waals surface area contributed by atoms with Gasteiger partial charge >= 0.3 is 0 Å². The van der Waals surface area contributed by atoms with Gasteiger partial charge in [0.2, 0.25) is 0 Å². The number of nitrogens with one attached hydrogen (secondary N) is 1. The molecule has 1 amide bonds. The van der Waals surface area contributed by atoms with Crippen molar-refractivity contribution >= 4 is 17.5 Å². The number of aryl methyl sites for hydroxylation is 1. The van der Waals surface area contributed by atoms with Crippen LogP contribution in [0.3, 0.4) is 0 Å². The van der Waals surface area contributed by atoms with E-state index in [0.717, 1.165) is 18.5 Å². The number of carbonyl (C=O) groups is 1. The predicted molar refractivity (Wildman–Crippen MR) is 123 cm³/mol. The second-order valence-corrected chi connectivity index (χ2v) is 8.10. The minimum atomic E-state index is -0.179. The molecular weight excluding hydrogens is 523 g/mol. The highest BCUT2D eigenvalue weighted by molar-refractivity contribution is 6.34. The number of aromatic nitrogens is 1. The highest BCUT2D eigenvalue weighted by atomic mass is 127. The lowest BCUT2D eigenvalue weighted by Gasteiger charge is -2.10. The summed E-state index contributed by atoms with van der Waals surface area (Å²) in [6, 6.07) is 9.26. The van der Waals surface area contributed by atoms with E-state index < -0.39 is 0 Å². The molecule has 0 spiro atoms. The Bertz CT molecular complexity index is 786. The number of nitrogens with zero attached hydrogens (tertiary/aromatic N) is 1. The number of hydrogen-bond acceptors (Lipinski definition) is 2. The molecule has 172 valence electrons. The molecule has 31 heavy (non-hydrogen) atoms. The van der Waals surface area contributed by atoms with Gasteiger partial charge in [-0.15, -0.1) is 0 Å². The van der Waals surface area contributed by atoms with Crippen LogP contribution < -0.4 is 38.6 Å². The molecule has 0 aliphatic rings. The van der Waals surface area contributed by atoms with Gasteiger partial charge in [0.1, 0.15) is 12.3 Å². The van der Waals surface area contributed by atoms with Crippen LogP contribution in [0.1, 0.15) is 81.1 Å². The normalized spacial score (nSPS) is 10.4. The molecule has 1 N–H and O–H groups in total. The number of rotatable bonds is 14. The molecule has 1 aromatic carbocycles. The van der Waals surface area contributed by atoms with Gasteiger partial charge in [-0.3, -0.25) is 4.79 Å². The number of halogens is 2. The fraction of sp³-hybridized carbons (Fsp3) is 0.520. The Morgan fingerprint density at radius 2 is 1.74 bits per heavy atom. The summed E-state index contributed by atoms with van der Waals surface area (Å²) in [5.74, 6) is 0.535. The van der Waals surface area contributed by atoms with Crippen molar-refractivity contribution in [2.24, 2.45) is 0 Å². The zero-order valence-electron chi connectivity index (χ0n) is 18.8. The maximum atomic E-state index is 12.5. The summed E-state index contributed by atoms with van der Waals surface area (Å²) in [5.41, 5.74) is 1.52. The van der Waals surface area contributed by atoms with Crippen LogP contribution in [0.15, 0.2) is 42.7 Å². The molecule has 1 aromatic heterocycles. The Morgan fingerprint density at radius 3 is 2.42 bits per heavy atom. The van der Waals surface area contributed by atoms with E-state index in [-0.39, 0.29) is 29.9 Å². The largest absolute Gasteiger partial charge is 1.00 e. The molecule has 0 aliphatic heterocycles. The van der Waals surface area contributed by atoms with E-state index in [0.29, 0.717) is 29.5 Å². The molecule has 0 radical (unpaired) electrons. The number of pyridine rings is 1. The molecule has 6 heteroatoms. The molecule has 0 bridgehead atoms. The summed E-state index contributed by atoms with van der Waals surface area (Å²) >= 11 is 6.33. The molecule has 0 atom stereocenters. The summed E-state index contributed by atoms with van der Waals surface area (Å²) in [6.45, 7) is 6.37. The van der Waals surface area contributed by atoms with Gasteiger partial charge in [-0.2, -0.15) is 0 Å². The number of unbranched alkanes of at least 4 members (excludes halogenated alkanes) is 7. The Kier molecular flexibility index (Phi) is 14.6. The molecule has 0 unspecified atom stereocenters. The molecule has 4 nitrogen and oxygen atoms in total. The van der Waals surface area contributed by atoms with Crippen LogP contribution in [-0.4, -0.2) is 12.5 Å². The van der Waals surface area contributed by atoms with Crippen LogP contribution in [0.5, 0.6) is 5.75 Å². The Hall–Kier alpha value is -1.34. The lowest BCUT2D eigenvalue weighted by Crippen LogP contribution is -3.00. The minimum Gasteiger partial charge on any atom is -1.00 e. The zero-order valence-corrected chi connectivity index (χ0v) is 21.8. The molecular formula is C25H36ClIN2O2. The minimum absolute atomic E-state index is 0. The first-order chi connectivity index (χ1) is 14.6. The van der Waals surface area contributed by atoms with Crippen LogP contribution in [0, 0.1) is 0 Å². The average Bonchev–Trinajstić information content (AvgIpc) is 2.76. The number of hydrogen-bond donors (Lipinski definition) is 1. The smallest absolute Gasteiger partial charge is 0.253 e. The highest BCUT2D eigenvalue weighted by Gasteiger charge is 2.12. The molecule has 0 aliphatic carbocycles. The fourth-order valence-electron chi connectivity index (χ4n) is 3.35. The summed E-state index contributed by atoms with van der Waals surface area (Å²) in [7, 11) is 0. The van der Waals surface area contributed by atoms with E-state index in [1.165, 1.54) is 44.9 Å². The summed E-state index contributed by atoms with van der Waals surface area (Å²) in [6.07, 6.45) is 14.2. The second kappa shape index (κ2) is 16.3. The third-order valence-corrected chi connectivity index (χ3v) is 5.50. The lowest BCUT2D eigenvalue weighted by molar-refractivity contribution is -0.694. The third kappa shape index (κ3) is 10.7. The van der Waals surface area contributed by atoms with Crippen molar-refractivity contribution in [3.05, 3.63) is 58.9 Å². The number of ether oxygens (including phenoxy) is 1. The lowest BCUT2D eigenvalue weighted by atomic mass is 10.1. The van der Waals surface area contributed by atoms with Crippen molar-refractivity contribution in [1.29, 1.82) is 0 Å². The van der Waals surface area contributed by atoms with Gasteiger partial charge in [0.25, 0.3) is 5.91 Å². The van der Waals surface area contributed by atoms with Gasteiger partial charge in [-0.25, -0.2) is 4.57 Å². The van der Waals surface area contributed by atoms with Crippen molar-refractivity contribution in [3.8, 4) is 5.75 Å². The molecule has 2 aromatic rings. The van der Waals surface area contributed by atoms with Crippen molar-refractivity contribution in [2.45, 2.75) is 78.3 Å². The van der Waals surface area contributed by atoms with E-state index in [1.807, 2.05) is 30.6 Å². The van der Waals surface area contributed by atoms with Crippen molar-refractivity contribution in [1.82, 2.24) is 5.32 Å². The molecule has 0 saturated heterocycles. The van der Waals surface area contributed by atoms with Crippen LogP contribution in [0.25, 0.3) is 0 Å². The zero-order chi connectivity index (χ0) is 21.6. The summed E-state index contributed by atoms with van der Waals surface area (Å²) < 4.78 is 7.88. The SMILES string of the molecule is CCCCCCCCCCOc1ccc(C(=O)NCc2ccc[n+](CC)c2)c(Cl)c1.[I-]. The second-order valence-electron chi connectivity index (χ2n) is 7.69. The highest BCUT2D eigenvalue weighted by Crippen LogP contribution is 2.23. The van der Waals surface area contributed by atoms with E-state index in [1.54, 1.807) is 12.1 Å². The van der Waals surface area contributed by atoms with Gasteiger partial charge in [-0.05, 0) is 37.6 Å². The molecule has 0 fully saturated rings. The Morgan fingerprint density at radius 1 is 1.03 bits per heavy atom. The van der Waals surface area contributed by atoms with Crippen LogP contribution in [-0.2, 0) is 13.1 Å². The van der Waals surface area contributed by atoms with E-state index in [2.05, 4.69) is 23.7 Å². The monoisotopic (exact) mass is 558 g/mol. The first kappa shape index (κ1) is 27.7. The average molecular weight is 559 g/mol. The predicted octanol–water partition coefficient (Wildman–Crippen LogP) is 3.10. The summed E-state index contributed by atoms with van der Waals surface area (Å²) in [4.78, 5) is 12.5. The Labute approximate surface area is 209 Å². The van der Waals surface area contributed by atoms with Crippen molar-refractivity contribution in [3.63, 3.8) is 0 Å². The third-order valence-electron chi connectivity index (χ3n) is 5.19. The van der Waals surface area contributed by atoms with Gasteiger partial charge in [0, 0.05) is 18.2 Å². The van der Waals surface area contributed by atoms with Crippen molar-refractivity contribution in [2.75, 3.05) is 6.61 Å². The van der Waals surface area contributed by atoms with E-state index in [4.69, 9.17) is 16.3 Å². The first-order valence-electron chi connectivity index (χ1n) is 11.3. The number of benzene rings is 1. The van der Waals surface area contributed by atoms with Crippen molar-refractivity contribution < 1.29 is 38.1 Å². The topological polar surface area (TPSA) is 42.2 Å². The van der Waals surface area contributed by atoms with Gasteiger partial charge in [0.05, 0.1) is 17.2 Å². The maximum Gasteiger partial charge on any atom is 0.253 e. The van der Waals surface area contributed by atoms with Crippen LogP contribution in [0.4, 0.5) is 0 Å². The standard InChI is InChI=1S/C25H35ClN2O2.HI/c1-3-5-6-7-8-9-10-11-17-30-22-14-15-23(24(26)18-22)25(29)27-19-21-13-12-16-28(4-2)20-21;/h12-16,18,20H,3-11,17,19H2,1-2H3;1H. The quantitative estimate of drug-likeness (QED) is 0.220. The van der Waals surface area contributed by atoms with E-state index in [9.17, 15) is 4.79 Å². The maximum absolute atomic E-state index is 12.5.